The summed E-state index contributed by atoms with van der Waals surface area (Å²) in [4.78, 5) is 0. The molecule has 1 unspecified atom stereocenters. The highest BCUT2D eigenvalue weighted by atomic mass is 16.8. The van der Waals surface area contributed by atoms with Crippen molar-refractivity contribution in [3.8, 4) is 0 Å². The van der Waals surface area contributed by atoms with Gasteiger partial charge in [-0.15, -0.1) is 0 Å². The van der Waals surface area contributed by atoms with Crippen LogP contribution in [0.5, 0.6) is 0 Å². The fourth-order valence-electron chi connectivity index (χ4n) is 3.01. The summed E-state index contributed by atoms with van der Waals surface area (Å²) in [5.41, 5.74) is 1.01. The third-order valence-corrected chi connectivity index (χ3v) is 3.93. The van der Waals surface area contributed by atoms with Gasteiger partial charge in [0, 0.05) is 18.4 Å². The van der Waals surface area contributed by atoms with Crippen LogP contribution >= 0.6 is 0 Å². The molecule has 0 radical (unpaired) electrons. The van der Waals surface area contributed by atoms with Gasteiger partial charge in [-0.3, -0.25) is 0 Å². The highest BCUT2D eigenvalue weighted by molar-refractivity contribution is 5.16. The zero-order valence-electron chi connectivity index (χ0n) is 10.6. The Morgan fingerprint density at radius 3 is 2.62 bits per heavy atom. The number of ether oxygens (including phenoxy) is 2. The molecule has 0 amide bonds. The van der Waals surface area contributed by atoms with E-state index in [-0.39, 0.29) is 18.1 Å². The molecule has 0 bridgehead atoms. The van der Waals surface area contributed by atoms with Gasteiger partial charge in [-0.2, -0.15) is 0 Å². The number of allylic oxidation sites excluding steroid dienone is 1. The van der Waals surface area contributed by atoms with E-state index in [4.69, 9.17) is 9.47 Å². The number of hydrogen-bond donors (Lipinski definition) is 1. The van der Waals surface area contributed by atoms with Crippen molar-refractivity contribution < 1.29 is 14.6 Å². The van der Waals surface area contributed by atoms with Gasteiger partial charge in [0.15, 0.2) is 5.79 Å². The molecule has 2 rings (SSSR count). The lowest BCUT2D eigenvalue weighted by Gasteiger charge is -2.35. The van der Waals surface area contributed by atoms with Crippen molar-refractivity contribution in [1.29, 1.82) is 0 Å². The molecule has 1 fully saturated rings. The fourth-order valence-corrected chi connectivity index (χ4v) is 3.01. The standard InChI is InChI=1S/C13H22O3/c1-9-5-6-11(10(9)7-14)13(4)8-15-12(2,3)16-13/h5,10-11,14H,6-8H2,1-4H3/t10-,11-,13?/m0/s1. The van der Waals surface area contributed by atoms with Crippen molar-refractivity contribution >= 4 is 0 Å². The largest absolute Gasteiger partial charge is 0.396 e. The van der Waals surface area contributed by atoms with Crippen LogP contribution in [0.3, 0.4) is 0 Å². The molecule has 1 aliphatic carbocycles. The first-order chi connectivity index (χ1) is 7.38. The molecule has 0 aromatic carbocycles. The highest BCUT2D eigenvalue weighted by Gasteiger charge is 2.50. The second kappa shape index (κ2) is 3.83. The van der Waals surface area contributed by atoms with Gasteiger partial charge in [0.05, 0.1) is 12.2 Å². The fraction of sp³-hybridized carbons (Fsp3) is 0.846. The van der Waals surface area contributed by atoms with Gasteiger partial charge in [-0.25, -0.2) is 0 Å². The number of aliphatic hydroxyl groups is 1. The SMILES string of the molecule is CC1=CC[C@H](C2(C)COC(C)(C)O2)[C@H]1CO. The number of hydrogen-bond acceptors (Lipinski definition) is 3. The average molecular weight is 226 g/mol. The molecule has 0 aromatic rings. The Morgan fingerprint density at radius 1 is 1.44 bits per heavy atom. The molecule has 0 aromatic heterocycles. The second-order valence-electron chi connectivity index (χ2n) is 5.68. The van der Waals surface area contributed by atoms with E-state index in [0.29, 0.717) is 12.5 Å². The molecule has 3 nitrogen and oxygen atoms in total. The predicted octanol–water partition coefficient (Wildman–Crippen LogP) is 2.10. The van der Waals surface area contributed by atoms with Gasteiger partial charge < -0.3 is 14.6 Å². The van der Waals surface area contributed by atoms with Crippen molar-refractivity contribution in [1.82, 2.24) is 0 Å². The Labute approximate surface area is 97.4 Å². The van der Waals surface area contributed by atoms with Crippen LogP contribution in [0, 0.1) is 11.8 Å². The first kappa shape index (κ1) is 12.1. The summed E-state index contributed by atoms with van der Waals surface area (Å²) in [6, 6.07) is 0. The van der Waals surface area contributed by atoms with Crippen molar-refractivity contribution in [2.75, 3.05) is 13.2 Å². The minimum atomic E-state index is -0.495. The highest BCUT2D eigenvalue weighted by Crippen LogP contribution is 2.45. The van der Waals surface area contributed by atoms with Gasteiger partial charge in [0.2, 0.25) is 0 Å². The maximum atomic E-state index is 9.47. The van der Waals surface area contributed by atoms with Crippen LogP contribution in [-0.2, 0) is 9.47 Å². The zero-order valence-corrected chi connectivity index (χ0v) is 10.6. The summed E-state index contributed by atoms with van der Waals surface area (Å²) in [5, 5.41) is 9.47. The van der Waals surface area contributed by atoms with Gasteiger partial charge in [0.1, 0.15) is 0 Å². The Kier molecular flexibility index (Phi) is 2.89. The molecule has 2 aliphatic rings. The van der Waals surface area contributed by atoms with Crippen molar-refractivity contribution in [2.24, 2.45) is 11.8 Å². The molecule has 3 atom stereocenters. The summed E-state index contributed by atoms with van der Waals surface area (Å²) in [5.74, 6) is 0.0624. The van der Waals surface area contributed by atoms with Crippen molar-refractivity contribution in [3.05, 3.63) is 11.6 Å². The molecule has 0 saturated carbocycles. The zero-order chi connectivity index (χ0) is 12.0. The molecule has 3 heteroatoms. The average Bonchev–Trinajstić information content (AvgIpc) is 2.68. The molecule has 1 aliphatic heterocycles. The summed E-state index contributed by atoms with van der Waals surface area (Å²) in [6.45, 7) is 8.89. The van der Waals surface area contributed by atoms with Crippen LogP contribution in [0.15, 0.2) is 11.6 Å². The Balaban J connectivity index is 2.14. The van der Waals surface area contributed by atoms with Crippen molar-refractivity contribution in [3.63, 3.8) is 0 Å². The van der Waals surface area contributed by atoms with Gasteiger partial charge in [-0.1, -0.05) is 11.6 Å². The van der Waals surface area contributed by atoms with Crippen LogP contribution in [0.1, 0.15) is 34.1 Å². The molecule has 16 heavy (non-hydrogen) atoms. The second-order valence-corrected chi connectivity index (χ2v) is 5.68. The first-order valence-corrected chi connectivity index (χ1v) is 5.99. The molecular formula is C13H22O3. The van der Waals surface area contributed by atoms with E-state index in [0.717, 1.165) is 6.42 Å². The smallest absolute Gasteiger partial charge is 0.163 e. The Hall–Kier alpha value is -0.380. The van der Waals surface area contributed by atoms with E-state index in [1.54, 1.807) is 0 Å². The van der Waals surface area contributed by atoms with Crippen LogP contribution in [-0.4, -0.2) is 29.7 Å². The van der Waals surface area contributed by atoms with Crippen molar-refractivity contribution in [2.45, 2.75) is 45.5 Å². The van der Waals surface area contributed by atoms with Gasteiger partial charge in [-0.05, 0) is 34.1 Å². The van der Waals surface area contributed by atoms with E-state index < -0.39 is 5.79 Å². The van der Waals surface area contributed by atoms with E-state index in [1.807, 2.05) is 13.8 Å². The Bertz CT molecular complexity index is 308. The lowest BCUT2D eigenvalue weighted by molar-refractivity contribution is -0.171. The van der Waals surface area contributed by atoms with Gasteiger partial charge in [0.25, 0.3) is 0 Å². The number of rotatable bonds is 2. The first-order valence-electron chi connectivity index (χ1n) is 5.99. The molecule has 1 N–H and O–H groups in total. The topological polar surface area (TPSA) is 38.7 Å². The minimum Gasteiger partial charge on any atom is -0.396 e. The maximum Gasteiger partial charge on any atom is 0.163 e. The lowest BCUT2D eigenvalue weighted by atomic mass is 9.79. The van der Waals surface area contributed by atoms with Crippen LogP contribution < -0.4 is 0 Å². The maximum absolute atomic E-state index is 9.47. The van der Waals surface area contributed by atoms with Crippen LogP contribution in [0.4, 0.5) is 0 Å². The quantitative estimate of drug-likeness (QED) is 0.733. The van der Waals surface area contributed by atoms with E-state index in [9.17, 15) is 5.11 Å². The molecule has 1 heterocycles. The van der Waals surface area contributed by atoms with Crippen LogP contribution in [0.25, 0.3) is 0 Å². The molecular weight excluding hydrogens is 204 g/mol. The normalized spacial score (nSPS) is 42.4. The summed E-state index contributed by atoms with van der Waals surface area (Å²) < 4.78 is 11.7. The summed E-state index contributed by atoms with van der Waals surface area (Å²) in [6.07, 6.45) is 3.19. The van der Waals surface area contributed by atoms with Crippen LogP contribution in [0.2, 0.25) is 0 Å². The minimum absolute atomic E-state index is 0.201. The van der Waals surface area contributed by atoms with E-state index >= 15 is 0 Å². The lowest BCUT2D eigenvalue weighted by Crippen LogP contribution is -2.42. The third kappa shape index (κ3) is 1.92. The Morgan fingerprint density at radius 2 is 2.12 bits per heavy atom. The summed E-state index contributed by atoms with van der Waals surface area (Å²) >= 11 is 0. The van der Waals surface area contributed by atoms with E-state index in [1.165, 1.54) is 5.57 Å². The number of aliphatic hydroxyl groups excluding tert-OH is 1. The predicted molar refractivity (Wildman–Crippen MR) is 62.0 cm³/mol. The monoisotopic (exact) mass is 226 g/mol. The third-order valence-electron chi connectivity index (χ3n) is 3.93. The summed E-state index contributed by atoms with van der Waals surface area (Å²) in [7, 11) is 0. The molecule has 1 saturated heterocycles. The van der Waals surface area contributed by atoms with E-state index in [2.05, 4.69) is 19.9 Å². The van der Waals surface area contributed by atoms with Gasteiger partial charge >= 0.3 is 0 Å². The molecule has 92 valence electrons. The molecule has 0 spiro atoms.